The number of hydrogen-bond acceptors (Lipinski definition) is 4. The third kappa shape index (κ3) is 4.24. The van der Waals surface area contributed by atoms with Crippen LogP contribution in [0.15, 0.2) is 140 Å². The van der Waals surface area contributed by atoms with Crippen LogP contribution in [0.1, 0.15) is 26.3 Å². The van der Waals surface area contributed by atoms with Gasteiger partial charge >= 0.3 is 0 Å². The van der Waals surface area contributed by atoms with Crippen LogP contribution in [0.4, 0.5) is 0 Å². The van der Waals surface area contributed by atoms with E-state index in [9.17, 15) is 0 Å². The fraction of sp³-hybridized carbons (Fsp3) is 0.0870. The average molecular weight is 670 g/mol. The fourth-order valence-corrected chi connectivity index (χ4v) is 8.94. The molecule has 7 aromatic rings. The quantitative estimate of drug-likeness (QED) is 0.176. The molecule has 0 aliphatic carbocycles. The van der Waals surface area contributed by atoms with Crippen LogP contribution in [0.3, 0.4) is 0 Å². The van der Waals surface area contributed by atoms with Crippen LogP contribution in [0, 0.1) is 0 Å². The Bertz CT molecular complexity index is 2340. The predicted molar refractivity (Wildman–Crippen MR) is 211 cm³/mol. The van der Waals surface area contributed by atoms with Crippen molar-refractivity contribution in [2.45, 2.75) is 26.2 Å². The number of hydrogen-bond donors (Lipinski definition) is 0. The van der Waals surface area contributed by atoms with Crippen molar-refractivity contribution in [2.75, 3.05) is 0 Å². The van der Waals surface area contributed by atoms with Gasteiger partial charge in [0, 0.05) is 10.9 Å². The van der Waals surface area contributed by atoms with Crippen molar-refractivity contribution >= 4 is 46.2 Å². The predicted octanol–water partition coefficient (Wildman–Crippen LogP) is 7.77. The van der Waals surface area contributed by atoms with Gasteiger partial charge in [-0.3, -0.25) is 0 Å². The molecule has 4 aliphatic rings. The van der Waals surface area contributed by atoms with Crippen molar-refractivity contribution in [1.29, 1.82) is 0 Å². The van der Waals surface area contributed by atoms with E-state index in [0.717, 1.165) is 101 Å². The SMILES string of the molecule is CC(C)(C)c1c(-c2cc3c4c(c2)Oc2ccccc2B4c2ccccc2O3)cccc1-c1cc2c3c(c1)Oc1ccccc1B3c1ccccc1O2. The molecule has 0 saturated carbocycles. The maximum absolute atomic E-state index is 6.70. The second kappa shape index (κ2) is 10.7. The molecule has 4 nitrogen and oxygen atoms in total. The summed E-state index contributed by atoms with van der Waals surface area (Å²) >= 11 is 0. The second-order valence-electron chi connectivity index (χ2n) is 15.2. The lowest BCUT2D eigenvalue weighted by atomic mass is 9.35. The molecule has 0 atom stereocenters. The highest BCUT2D eigenvalue weighted by Crippen LogP contribution is 2.46. The molecule has 0 saturated heterocycles. The van der Waals surface area contributed by atoms with Gasteiger partial charge in [-0.05, 0) is 104 Å². The first kappa shape index (κ1) is 29.6. The standard InChI is InChI=1S/C46H32B2O4/c1-46(2,3)43-29(27-23-39-44-40(24-27)50-36-20-9-5-16-32(36)47(44)31-15-4-8-19-35(31)49-39)13-12-14-30(43)28-25-41-45-42(26-28)52-38-22-11-7-18-34(38)48(45)33-17-6-10-21-37(33)51-41/h4-26H,1-3H3. The summed E-state index contributed by atoms with van der Waals surface area (Å²) in [6.45, 7) is 6.92. The Morgan fingerprint density at radius 3 is 0.981 bits per heavy atom. The Balaban J connectivity index is 1.10. The zero-order valence-corrected chi connectivity index (χ0v) is 29.1. The van der Waals surface area contributed by atoms with E-state index >= 15 is 0 Å². The minimum absolute atomic E-state index is 0.0361. The Morgan fingerprint density at radius 2 is 0.673 bits per heavy atom. The van der Waals surface area contributed by atoms with Gasteiger partial charge in [-0.1, -0.05) is 112 Å². The molecular formula is C46H32B2O4. The van der Waals surface area contributed by atoms with Gasteiger partial charge in [0.15, 0.2) is 0 Å². The molecule has 6 heteroatoms. The lowest BCUT2D eigenvalue weighted by molar-refractivity contribution is 0.464. The second-order valence-corrected chi connectivity index (χ2v) is 15.2. The summed E-state index contributed by atoms with van der Waals surface area (Å²) in [5.41, 5.74) is 12.1. The number of ether oxygens (including phenoxy) is 4. The van der Waals surface area contributed by atoms with Gasteiger partial charge in [0.25, 0.3) is 13.4 Å². The molecular weight excluding hydrogens is 638 g/mol. The molecule has 0 N–H and O–H groups in total. The van der Waals surface area contributed by atoms with Crippen molar-refractivity contribution in [1.82, 2.24) is 0 Å². The maximum Gasteiger partial charge on any atom is 0.260 e. The zero-order valence-electron chi connectivity index (χ0n) is 29.1. The van der Waals surface area contributed by atoms with Crippen molar-refractivity contribution in [3.05, 3.63) is 145 Å². The monoisotopic (exact) mass is 670 g/mol. The molecule has 4 heterocycles. The molecule has 0 bridgehead atoms. The third-order valence-corrected chi connectivity index (χ3v) is 11.0. The van der Waals surface area contributed by atoms with E-state index in [1.54, 1.807) is 0 Å². The molecule has 0 unspecified atom stereocenters. The van der Waals surface area contributed by atoms with Crippen molar-refractivity contribution in [3.63, 3.8) is 0 Å². The van der Waals surface area contributed by atoms with Crippen LogP contribution in [-0.2, 0) is 5.41 Å². The first-order chi connectivity index (χ1) is 25.4. The largest absolute Gasteiger partial charge is 0.458 e. The molecule has 7 aromatic carbocycles. The zero-order chi connectivity index (χ0) is 34.7. The van der Waals surface area contributed by atoms with Crippen molar-refractivity contribution < 1.29 is 18.9 Å². The van der Waals surface area contributed by atoms with Crippen LogP contribution < -0.4 is 51.7 Å². The minimum atomic E-state index is -0.223. The van der Waals surface area contributed by atoms with Gasteiger partial charge in [0.2, 0.25) is 0 Å². The highest BCUT2D eigenvalue weighted by atomic mass is 16.5. The van der Waals surface area contributed by atoms with E-state index in [1.807, 2.05) is 24.3 Å². The number of benzene rings is 7. The molecule has 0 spiro atoms. The Labute approximate surface area is 303 Å². The first-order valence-corrected chi connectivity index (χ1v) is 18.0. The molecule has 11 rings (SSSR count). The van der Waals surface area contributed by atoms with E-state index in [1.165, 1.54) is 5.56 Å². The minimum Gasteiger partial charge on any atom is -0.458 e. The van der Waals surface area contributed by atoms with Crippen LogP contribution in [0.25, 0.3) is 22.3 Å². The van der Waals surface area contributed by atoms with Crippen LogP contribution in [-0.4, -0.2) is 13.4 Å². The maximum atomic E-state index is 6.70. The van der Waals surface area contributed by atoms with E-state index in [0.29, 0.717) is 0 Å². The summed E-state index contributed by atoms with van der Waals surface area (Å²) in [5, 5.41) is 0. The topological polar surface area (TPSA) is 36.9 Å². The molecule has 0 radical (unpaired) electrons. The summed E-state index contributed by atoms with van der Waals surface area (Å²) in [6, 6.07) is 48.9. The number of fused-ring (bicyclic) bond motifs is 8. The Hall–Kier alpha value is -6.13. The molecule has 4 aliphatic heterocycles. The summed E-state index contributed by atoms with van der Waals surface area (Å²) in [5.74, 6) is 6.86. The van der Waals surface area contributed by atoms with Crippen molar-refractivity contribution in [2.24, 2.45) is 0 Å². The van der Waals surface area contributed by atoms with Crippen LogP contribution in [0.5, 0.6) is 46.0 Å². The van der Waals surface area contributed by atoms with E-state index in [4.69, 9.17) is 18.9 Å². The number of rotatable bonds is 2. The summed E-state index contributed by atoms with van der Waals surface area (Å²) in [6.07, 6.45) is 0. The molecule has 0 fully saturated rings. The van der Waals surface area contributed by atoms with E-state index in [-0.39, 0.29) is 18.8 Å². The summed E-state index contributed by atoms with van der Waals surface area (Å²) in [7, 11) is 0. The van der Waals surface area contributed by atoms with Gasteiger partial charge in [-0.25, -0.2) is 0 Å². The summed E-state index contributed by atoms with van der Waals surface area (Å²) in [4.78, 5) is 0. The van der Waals surface area contributed by atoms with E-state index < -0.39 is 0 Å². The van der Waals surface area contributed by atoms with Gasteiger partial charge < -0.3 is 18.9 Å². The molecule has 246 valence electrons. The molecule has 0 aromatic heterocycles. The molecule has 0 amide bonds. The van der Waals surface area contributed by atoms with Gasteiger partial charge in [-0.2, -0.15) is 0 Å². The Kier molecular flexibility index (Phi) is 6.08. The van der Waals surface area contributed by atoms with Gasteiger partial charge in [0.05, 0.1) is 0 Å². The fourth-order valence-electron chi connectivity index (χ4n) is 8.94. The normalized spacial score (nSPS) is 13.8. The number of para-hydroxylation sites is 4. The van der Waals surface area contributed by atoms with Gasteiger partial charge in [0.1, 0.15) is 46.0 Å². The molecule has 52 heavy (non-hydrogen) atoms. The van der Waals surface area contributed by atoms with Crippen LogP contribution in [0.2, 0.25) is 0 Å². The highest BCUT2D eigenvalue weighted by Gasteiger charge is 2.42. The lowest BCUT2D eigenvalue weighted by Crippen LogP contribution is -2.57. The lowest BCUT2D eigenvalue weighted by Gasteiger charge is -2.34. The van der Waals surface area contributed by atoms with E-state index in [2.05, 4.69) is 136 Å². The third-order valence-electron chi connectivity index (χ3n) is 11.0. The first-order valence-electron chi connectivity index (χ1n) is 18.0. The smallest absolute Gasteiger partial charge is 0.260 e. The average Bonchev–Trinajstić information content (AvgIpc) is 3.16. The highest BCUT2D eigenvalue weighted by molar-refractivity contribution is 6.99. The Morgan fingerprint density at radius 1 is 0.365 bits per heavy atom. The van der Waals surface area contributed by atoms with Gasteiger partial charge in [-0.15, -0.1) is 0 Å². The van der Waals surface area contributed by atoms with Crippen LogP contribution >= 0.6 is 0 Å². The van der Waals surface area contributed by atoms with Crippen molar-refractivity contribution in [3.8, 4) is 68.2 Å². The summed E-state index contributed by atoms with van der Waals surface area (Å²) < 4.78 is 26.8.